The van der Waals surface area contributed by atoms with Gasteiger partial charge in [0.1, 0.15) is 0 Å². The van der Waals surface area contributed by atoms with Gasteiger partial charge in [-0.25, -0.2) is 0 Å². The molecule has 0 aliphatic heterocycles. The van der Waals surface area contributed by atoms with Crippen LogP contribution in [0, 0.1) is 16.0 Å². The van der Waals surface area contributed by atoms with Gasteiger partial charge in [0.25, 0.3) is 5.69 Å². The SMILES string of the molecule is O=[N+]([O-])c1ccc(NCCCC2CC2)cc1. The molecule has 1 saturated carbocycles. The predicted octanol–water partition coefficient (Wildman–Crippen LogP) is 3.20. The van der Waals surface area contributed by atoms with E-state index in [2.05, 4.69) is 5.32 Å². The number of rotatable bonds is 6. The molecule has 1 aliphatic rings. The lowest BCUT2D eigenvalue weighted by atomic mass is 10.2. The predicted molar refractivity (Wildman–Crippen MR) is 63.5 cm³/mol. The third-order valence-electron chi connectivity index (χ3n) is 2.89. The minimum Gasteiger partial charge on any atom is -0.385 e. The van der Waals surface area contributed by atoms with E-state index in [1.165, 1.54) is 37.8 Å². The van der Waals surface area contributed by atoms with Crippen LogP contribution in [0.1, 0.15) is 25.7 Å². The number of anilines is 1. The second kappa shape index (κ2) is 4.96. The first kappa shape index (κ1) is 10.9. The van der Waals surface area contributed by atoms with E-state index in [0.29, 0.717) is 0 Å². The molecule has 0 heterocycles. The van der Waals surface area contributed by atoms with Crippen LogP contribution in [0.4, 0.5) is 11.4 Å². The van der Waals surface area contributed by atoms with Crippen molar-refractivity contribution in [2.24, 2.45) is 5.92 Å². The monoisotopic (exact) mass is 220 g/mol. The lowest BCUT2D eigenvalue weighted by Gasteiger charge is -2.05. The fourth-order valence-corrected chi connectivity index (χ4v) is 1.73. The van der Waals surface area contributed by atoms with Gasteiger partial charge in [0.05, 0.1) is 4.92 Å². The van der Waals surface area contributed by atoms with Gasteiger partial charge in [-0.3, -0.25) is 10.1 Å². The third-order valence-corrected chi connectivity index (χ3v) is 2.89. The van der Waals surface area contributed by atoms with Crippen molar-refractivity contribution in [1.29, 1.82) is 0 Å². The standard InChI is InChI=1S/C12H16N2O2/c15-14(16)12-7-5-11(6-8-12)13-9-1-2-10-3-4-10/h5-8,10,13H,1-4,9H2. The lowest BCUT2D eigenvalue weighted by molar-refractivity contribution is -0.384. The summed E-state index contributed by atoms with van der Waals surface area (Å²) >= 11 is 0. The molecule has 4 heteroatoms. The molecule has 0 amide bonds. The Morgan fingerprint density at radius 2 is 2.00 bits per heavy atom. The summed E-state index contributed by atoms with van der Waals surface area (Å²) in [6, 6.07) is 6.58. The molecule has 1 aliphatic carbocycles. The second-order valence-corrected chi connectivity index (χ2v) is 4.32. The van der Waals surface area contributed by atoms with Crippen LogP contribution < -0.4 is 5.32 Å². The van der Waals surface area contributed by atoms with Crippen LogP contribution in [-0.2, 0) is 0 Å². The first-order valence-corrected chi connectivity index (χ1v) is 5.74. The molecule has 1 N–H and O–H groups in total. The van der Waals surface area contributed by atoms with Gasteiger partial charge in [0.15, 0.2) is 0 Å². The Morgan fingerprint density at radius 3 is 2.56 bits per heavy atom. The van der Waals surface area contributed by atoms with Crippen LogP contribution in [0.3, 0.4) is 0 Å². The highest BCUT2D eigenvalue weighted by Gasteiger charge is 2.19. The normalized spacial score (nSPS) is 14.8. The first-order valence-electron chi connectivity index (χ1n) is 5.74. The summed E-state index contributed by atoms with van der Waals surface area (Å²) < 4.78 is 0. The van der Waals surface area contributed by atoms with E-state index < -0.39 is 0 Å². The Bertz CT molecular complexity index is 358. The zero-order chi connectivity index (χ0) is 11.4. The average Bonchev–Trinajstić information content (AvgIpc) is 3.09. The molecule has 0 spiro atoms. The highest BCUT2D eigenvalue weighted by molar-refractivity contribution is 5.48. The molecule has 1 fully saturated rings. The van der Waals surface area contributed by atoms with Crippen molar-refractivity contribution >= 4 is 11.4 Å². The Morgan fingerprint density at radius 1 is 1.31 bits per heavy atom. The molecule has 0 saturated heterocycles. The summed E-state index contributed by atoms with van der Waals surface area (Å²) in [4.78, 5) is 10.1. The van der Waals surface area contributed by atoms with Gasteiger partial charge in [0, 0.05) is 24.4 Å². The molecule has 0 radical (unpaired) electrons. The van der Waals surface area contributed by atoms with Gasteiger partial charge in [0.2, 0.25) is 0 Å². The third kappa shape index (κ3) is 3.22. The van der Waals surface area contributed by atoms with Crippen molar-refractivity contribution in [3.05, 3.63) is 34.4 Å². The number of nitro benzene ring substituents is 1. The van der Waals surface area contributed by atoms with E-state index in [0.717, 1.165) is 18.2 Å². The van der Waals surface area contributed by atoms with Crippen LogP contribution in [0.25, 0.3) is 0 Å². The number of nitrogens with one attached hydrogen (secondary N) is 1. The van der Waals surface area contributed by atoms with E-state index in [-0.39, 0.29) is 10.6 Å². The van der Waals surface area contributed by atoms with E-state index >= 15 is 0 Å². The summed E-state index contributed by atoms with van der Waals surface area (Å²) in [5, 5.41) is 13.7. The molecule has 1 aromatic rings. The maximum absolute atomic E-state index is 10.4. The zero-order valence-corrected chi connectivity index (χ0v) is 9.19. The van der Waals surface area contributed by atoms with Crippen molar-refractivity contribution in [2.45, 2.75) is 25.7 Å². The summed E-state index contributed by atoms with van der Waals surface area (Å²) in [6.45, 7) is 0.953. The van der Waals surface area contributed by atoms with Crippen LogP contribution >= 0.6 is 0 Å². The van der Waals surface area contributed by atoms with Gasteiger partial charge in [-0.15, -0.1) is 0 Å². The van der Waals surface area contributed by atoms with Gasteiger partial charge < -0.3 is 5.32 Å². The number of nitrogens with zero attached hydrogens (tertiary/aromatic N) is 1. The zero-order valence-electron chi connectivity index (χ0n) is 9.19. The van der Waals surface area contributed by atoms with Crippen molar-refractivity contribution in [2.75, 3.05) is 11.9 Å². The van der Waals surface area contributed by atoms with Crippen LogP contribution in [0.2, 0.25) is 0 Å². The highest BCUT2D eigenvalue weighted by atomic mass is 16.6. The molecule has 86 valence electrons. The van der Waals surface area contributed by atoms with E-state index in [9.17, 15) is 10.1 Å². The quantitative estimate of drug-likeness (QED) is 0.455. The molecule has 0 atom stereocenters. The Hall–Kier alpha value is -1.58. The summed E-state index contributed by atoms with van der Waals surface area (Å²) in [5.41, 5.74) is 1.10. The maximum Gasteiger partial charge on any atom is 0.269 e. The van der Waals surface area contributed by atoms with Crippen molar-refractivity contribution in [3.63, 3.8) is 0 Å². The van der Waals surface area contributed by atoms with Crippen molar-refractivity contribution in [1.82, 2.24) is 0 Å². The molecule has 4 nitrogen and oxygen atoms in total. The maximum atomic E-state index is 10.4. The lowest BCUT2D eigenvalue weighted by Crippen LogP contribution is -2.01. The highest BCUT2D eigenvalue weighted by Crippen LogP contribution is 2.33. The summed E-state index contributed by atoms with van der Waals surface area (Å²) in [6.07, 6.45) is 5.29. The van der Waals surface area contributed by atoms with E-state index in [1.807, 2.05) is 0 Å². The van der Waals surface area contributed by atoms with E-state index in [1.54, 1.807) is 12.1 Å². The fourth-order valence-electron chi connectivity index (χ4n) is 1.73. The fraction of sp³-hybridized carbons (Fsp3) is 0.500. The molecule has 0 bridgehead atoms. The number of non-ortho nitro benzene ring substituents is 1. The number of hydrogen-bond donors (Lipinski definition) is 1. The van der Waals surface area contributed by atoms with Crippen LogP contribution in [0.15, 0.2) is 24.3 Å². The molecular formula is C12H16N2O2. The van der Waals surface area contributed by atoms with Crippen LogP contribution in [0.5, 0.6) is 0 Å². The average molecular weight is 220 g/mol. The molecule has 1 aromatic carbocycles. The van der Waals surface area contributed by atoms with E-state index in [4.69, 9.17) is 0 Å². The Balaban J connectivity index is 1.73. The second-order valence-electron chi connectivity index (χ2n) is 4.32. The number of benzene rings is 1. The Labute approximate surface area is 94.8 Å². The molecule has 2 rings (SSSR count). The summed E-state index contributed by atoms with van der Waals surface area (Å²) in [7, 11) is 0. The number of hydrogen-bond acceptors (Lipinski definition) is 3. The van der Waals surface area contributed by atoms with Gasteiger partial charge in [-0.05, 0) is 30.9 Å². The Kier molecular flexibility index (Phi) is 3.39. The molecule has 0 aromatic heterocycles. The first-order chi connectivity index (χ1) is 7.75. The van der Waals surface area contributed by atoms with Crippen molar-refractivity contribution < 1.29 is 4.92 Å². The minimum atomic E-state index is -0.378. The largest absolute Gasteiger partial charge is 0.385 e. The van der Waals surface area contributed by atoms with Gasteiger partial charge >= 0.3 is 0 Å². The smallest absolute Gasteiger partial charge is 0.269 e. The summed E-state index contributed by atoms with van der Waals surface area (Å²) in [5.74, 6) is 0.971. The van der Waals surface area contributed by atoms with Crippen molar-refractivity contribution in [3.8, 4) is 0 Å². The number of nitro groups is 1. The minimum absolute atomic E-state index is 0.142. The molecule has 16 heavy (non-hydrogen) atoms. The molecule has 0 unspecified atom stereocenters. The van der Waals surface area contributed by atoms with Crippen LogP contribution in [-0.4, -0.2) is 11.5 Å². The topological polar surface area (TPSA) is 55.2 Å². The van der Waals surface area contributed by atoms with Gasteiger partial charge in [-0.1, -0.05) is 12.8 Å². The van der Waals surface area contributed by atoms with Gasteiger partial charge in [-0.2, -0.15) is 0 Å². The molecular weight excluding hydrogens is 204 g/mol.